The van der Waals surface area contributed by atoms with Gasteiger partial charge in [0.05, 0.1) is 14.2 Å². The van der Waals surface area contributed by atoms with Crippen LogP contribution in [0.5, 0.6) is 11.5 Å². The number of hydrogen-bond acceptors (Lipinski definition) is 5. The third kappa shape index (κ3) is 4.99. The Kier molecular flexibility index (Phi) is 6.26. The van der Waals surface area contributed by atoms with Crippen molar-refractivity contribution in [1.82, 2.24) is 5.32 Å². The number of rotatable bonds is 6. The van der Waals surface area contributed by atoms with Gasteiger partial charge in [0.25, 0.3) is 5.91 Å². The van der Waals surface area contributed by atoms with E-state index in [1.807, 2.05) is 31.2 Å². The fraction of sp³-hybridized carbons (Fsp3) is 0.364. The highest BCUT2D eigenvalue weighted by Crippen LogP contribution is 2.30. The van der Waals surface area contributed by atoms with E-state index >= 15 is 0 Å². The lowest BCUT2D eigenvalue weighted by molar-refractivity contribution is -0.114. The molecular weight excluding hydrogens is 370 g/mol. The van der Waals surface area contributed by atoms with Crippen LogP contribution in [0, 0.1) is 6.92 Å². The molecule has 1 aliphatic heterocycles. The first-order valence-corrected chi connectivity index (χ1v) is 9.56. The Balaban J connectivity index is 1.67. The number of methoxy groups -OCH3 is 2. The summed E-state index contributed by atoms with van der Waals surface area (Å²) in [5, 5.41) is 5.86. The predicted octanol–water partition coefficient (Wildman–Crippen LogP) is 2.98. The molecule has 0 spiro atoms. The topological polar surface area (TPSA) is 79.9 Å². The smallest absolute Gasteiger partial charge is 0.251 e. The molecule has 0 aliphatic carbocycles. The summed E-state index contributed by atoms with van der Waals surface area (Å²) in [7, 11) is 3.25. The minimum absolute atomic E-state index is 0.0326. The van der Waals surface area contributed by atoms with Gasteiger partial charge >= 0.3 is 0 Å². The van der Waals surface area contributed by atoms with Crippen LogP contribution in [0.3, 0.4) is 0 Å². The normalized spacial score (nSPS) is 15.7. The molecule has 1 fully saturated rings. The average molecular weight is 397 g/mol. The molecule has 3 rings (SSSR count). The number of anilines is 2. The number of ether oxygens (including phenoxy) is 2. The van der Waals surface area contributed by atoms with Gasteiger partial charge in [-0.3, -0.25) is 9.59 Å². The van der Waals surface area contributed by atoms with Gasteiger partial charge in [-0.05, 0) is 31.0 Å². The van der Waals surface area contributed by atoms with Crippen molar-refractivity contribution in [2.75, 3.05) is 37.5 Å². The highest BCUT2D eigenvalue weighted by atomic mass is 16.5. The molecule has 0 saturated carbocycles. The van der Waals surface area contributed by atoms with Crippen LogP contribution in [-0.4, -0.2) is 45.2 Å². The van der Waals surface area contributed by atoms with Gasteiger partial charge in [-0.2, -0.15) is 0 Å². The second-order valence-electron chi connectivity index (χ2n) is 7.19. The fourth-order valence-electron chi connectivity index (χ4n) is 3.44. The van der Waals surface area contributed by atoms with Crippen LogP contribution in [0.15, 0.2) is 36.4 Å². The van der Waals surface area contributed by atoms with Crippen molar-refractivity contribution in [3.05, 3.63) is 47.5 Å². The Morgan fingerprint density at radius 2 is 1.76 bits per heavy atom. The summed E-state index contributed by atoms with van der Waals surface area (Å²) in [5.74, 6) is 1.16. The summed E-state index contributed by atoms with van der Waals surface area (Å²) in [6.07, 6.45) is 0.843. The fourth-order valence-corrected chi connectivity index (χ4v) is 3.44. The molecule has 1 saturated heterocycles. The van der Waals surface area contributed by atoms with Crippen molar-refractivity contribution in [3.8, 4) is 11.5 Å². The van der Waals surface area contributed by atoms with E-state index in [-0.39, 0.29) is 17.9 Å². The molecular formula is C22H27N3O4. The molecule has 154 valence electrons. The lowest BCUT2D eigenvalue weighted by Gasteiger charge is -2.20. The van der Waals surface area contributed by atoms with Gasteiger partial charge in [-0.1, -0.05) is 6.07 Å². The second kappa shape index (κ2) is 8.86. The third-order valence-corrected chi connectivity index (χ3v) is 5.04. The van der Waals surface area contributed by atoms with Crippen LogP contribution < -0.4 is 25.0 Å². The maximum absolute atomic E-state index is 12.7. The molecule has 2 amide bonds. The molecule has 0 bridgehead atoms. The van der Waals surface area contributed by atoms with Gasteiger partial charge < -0.3 is 25.0 Å². The van der Waals surface area contributed by atoms with Crippen LogP contribution in [0.1, 0.15) is 29.3 Å². The largest absolute Gasteiger partial charge is 0.497 e. The van der Waals surface area contributed by atoms with Crippen LogP contribution >= 0.6 is 0 Å². The molecule has 1 aliphatic rings. The Bertz CT molecular complexity index is 891. The first kappa shape index (κ1) is 20.5. The van der Waals surface area contributed by atoms with E-state index in [0.717, 1.165) is 35.7 Å². The molecule has 2 aromatic carbocycles. The number of carbonyl (C=O) groups is 2. The first-order valence-electron chi connectivity index (χ1n) is 9.56. The van der Waals surface area contributed by atoms with E-state index in [4.69, 9.17) is 9.47 Å². The van der Waals surface area contributed by atoms with Gasteiger partial charge in [-0.25, -0.2) is 0 Å². The van der Waals surface area contributed by atoms with Gasteiger partial charge in [-0.15, -0.1) is 0 Å². The molecule has 2 aromatic rings. The van der Waals surface area contributed by atoms with Crippen molar-refractivity contribution >= 4 is 23.2 Å². The van der Waals surface area contributed by atoms with Crippen molar-refractivity contribution in [3.63, 3.8) is 0 Å². The third-order valence-electron chi connectivity index (χ3n) is 5.04. The van der Waals surface area contributed by atoms with E-state index in [2.05, 4.69) is 15.5 Å². The second-order valence-corrected chi connectivity index (χ2v) is 7.19. The lowest BCUT2D eigenvalue weighted by Crippen LogP contribution is -2.37. The molecule has 1 atom stereocenters. The highest BCUT2D eigenvalue weighted by molar-refractivity contribution is 5.97. The monoisotopic (exact) mass is 397 g/mol. The number of carbonyl (C=O) groups excluding carboxylic acids is 2. The van der Waals surface area contributed by atoms with Gasteiger partial charge in [0.2, 0.25) is 5.91 Å². The SMILES string of the molecule is COc1cc(OC)cc(N2CCC(NC(=O)c3ccc(C)c(NC(C)=O)c3)C2)c1. The van der Waals surface area contributed by atoms with E-state index in [9.17, 15) is 9.59 Å². The number of nitrogens with one attached hydrogen (secondary N) is 2. The van der Waals surface area contributed by atoms with E-state index in [0.29, 0.717) is 17.8 Å². The number of nitrogens with zero attached hydrogens (tertiary/aromatic N) is 1. The Hall–Kier alpha value is -3.22. The molecule has 7 heteroatoms. The molecule has 1 heterocycles. The van der Waals surface area contributed by atoms with Crippen LogP contribution in [0.25, 0.3) is 0 Å². The maximum atomic E-state index is 12.7. The summed E-state index contributed by atoms with van der Waals surface area (Å²) in [6.45, 7) is 4.87. The molecule has 29 heavy (non-hydrogen) atoms. The Labute approximate surface area is 171 Å². The summed E-state index contributed by atoms with van der Waals surface area (Å²) in [5.41, 5.74) is 3.10. The van der Waals surface area contributed by atoms with E-state index in [1.165, 1.54) is 6.92 Å². The van der Waals surface area contributed by atoms with Gasteiger partial charge in [0, 0.05) is 61.2 Å². The molecule has 0 aromatic heterocycles. The Morgan fingerprint density at radius 1 is 1.07 bits per heavy atom. The zero-order chi connectivity index (χ0) is 21.0. The van der Waals surface area contributed by atoms with Gasteiger partial charge in [0.1, 0.15) is 11.5 Å². The number of amides is 2. The molecule has 1 unspecified atom stereocenters. The van der Waals surface area contributed by atoms with Gasteiger partial charge in [0.15, 0.2) is 0 Å². The number of benzene rings is 2. The van der Waals surface area contributed by atoms with E-state index < -0.39 is 0 Å². The molecule has 7 nitrogen and oxygen atoms in total. The molecule has 0 radical (unpaired) electrons. The minimum atomic E-state index is -0.161. The lowest BCUT2D eigenvalue weighted by atomic mass is 10.1. The average Bonchev–Trinajstić information content (AvgIpc) is 3.17. The predicted molar refractivity (Wildman–Crippen MR) is 113 cm³/mol. The highest BCUT2D eigenvalue weighted by Gasteiger charge is 2.25. The van der Waals surface area contributed by atoms with Crippen LogP contribution in [0.2, 0.25) is 0 Å². The van der Waals surface area contributed by atoms with Crippen molar-refractivity contribution in [2.45, 2.75) is 26.3 Å². The van der Waals surface area contributed by atoms with Crippen LogP contribution in [0.4, 0.5) is 11.4 Å². The minimum Gasteiger partial charge on any atom is -0.497 e. The summed E-state index contributed by atoms with van der Waals surface area (Å²) >= 11 is 0. The van der Waals surface area contributed by atoms with Crippen molar-refractivity contribution in [1.29, 1.82) is 0 Å². The maximum Gasteiger partial charge on any atom is 0.251 e. The number of hydrogen-bond donors (Lipinski definition) is 2. The van der Waals surface area contributed by atoms with Crippen molar-refractivity contribution in [2.24, 2.45) is 0 Å². The first-order chi connectivity index (χ1) is 13.9. The van der Waals surface area contributed by atoms with Crippen LogP contribution in [-0.2, 0) is 4.79 Å². The summed E-state index contributed by atoms with van der Waals surface area (Å²) in [4.78, 5) is 26.3. The van der Waals surface area contributed by atoms with Crippen molar-refractivity contribution < 1.29 is 19.1 Å². The Morgan fingerprint density at radius 3 is 2.38 bits per heavy atom. The summed E-state index contributed by atoms with van der Waals surface area (Å²) in [6, 6.07) is 11.1. The zero-order valence-electron chi connectivity index (χ0n) is 17.2. The quantitative estimate of drug-likeness (QED) is 0.783. The standard InChI is InChI=1S/C22H27N3O4/c1-14-5-6-16(9-21(14)23-15(2)26)22(27)24-17-7-8-25(13-17)18-10-19(28-3)12-20(11-18)29-4/h5-6,9-12,17H,7-8,13H2,1-4H3,(H,23,26)(H,24,27). The molecule has 2 N–H and O–H groups in total. The van der Waals surface area contributed by atoms with E-state index in [1.54, 1.807) is 26.4 Å². The zero-order valence-corrected chi connectivity index (χ0v) is 17.2. The number of aryl methyl sites for hydroxylation is 1. The summed E-state index contributed by atoms with van der Waals surface area (Å²) < 4.78 is 10.7.